The molecule has 7 heteroatoms. The quantitative estimate of drug-likeness (QED) is 0.477. The number of nitrogens with zero attached hydrogens (tertiary/aromatic N) is 2. The van der Waals surface area contributed by atoms with Gasteiger partial charge in [0.25, 0.3) is 5.56 Å². The molecule has 1 atom stereocenters. The van der Waals surface area contributed by atoms with Gasteiger partial charge < -0.3 is 10.1 Å². The van der Waals surface area contributed by atoms with Gasteiger partial charge in [0.1, 0.15) is 4.83 Å². The van der Waals surface area contributed by atoms with Crippen LogP contribution in [-0.4, -0.2) is 35.9 Å². The molecule has 0 radical (unpaired) electrons. The van der Waals surface area contributed by atoms with Gasteiger partial charge in [-0.1, -0.05) is 18.2 Å². The predicted octanol–water partition coefficient (Wildman–Crippen LogP) is 3.81. The SMILES string of the molecule is COCCNC1CCc2c(sc3ncn(Cc4cc5ccccc5s4)c(=O)c23)C1. The first kappa shape index (κ1) is 18.9. The average molecular weight is 426 g/mol. The van der Waals surface area contributed by atoms with Crippen molar-refractivity contribution in [3.63, 3.8) is 0 Å². The largest absolute Gasteiger partial charge is 0.383 e. The lowest BCUT2D eigenvalue weighted by atomic mass is 9.93. The molecule has 0 saturated heterocycles. The first-order chi connectivity index (χ1) is 14.2. The Balaban J connectivity index is 1.44. The number of aromatic nitrogens is 2. The van der Waals surface area contributed by atoms with Crippen LogP contribution in [0.2, 0.25) is 0 Å². The van der Waals surface area contributed by atoms with Crippen LogP contribution < -0.4 is 10.9 Å². The highest BCUT2D eigenvalue weighted by atomic mass is 32.1. The van der Waals surface area contributed by atoms with Crippen molar-refractivity contribution in [2.75, 3.05) is 20.3 Å². The minimum absolute atomic E-state index is 0.0933. The highest BCUT2D eigenvalue weighted by molar-refractivity contribution is 7.19. The summed E-state index contributed by atoms with van der Waals surface area (Å²) in [7, 11) is 1.72. The molecular formula is C22H23N3O2S2. The summed E-state index contributed by atoms with van der Waals surface area (Å²) < 4.78 is 8.16. The summed E-state index contributed by atoms with van der Waals surface area (Å²) in [6.45, 7) is 2.16. The molecule has 3 heterocycles. The first-order valence-electron chi connectivity index (χ1n) is 9.92. The minimum atomic E-state index is 0.0933. The van der Waals surface area contributed by atoms with Gasteiger partial charge in [-0.25, -0.2) is 4.98 Å². The van der Waals surface area contributed by atoms with Crippen molar-refractivity contribution >= 4 is 43.0 Å². The Labute approximate surface area is 177 Å². The van der Waals surface area contributed by atoms with Crippen molar-refractivity contribution in [1.29, 1.82) is 0 Å². The van der Waals surface area contributed by atoms with E-state index in [1.807, 2.05) is 6.07 Å². The van der Waals surface area contributed by atoms with Gasteiger partial charge >= 0.3 is 0 Å². The van der Waals surface area contributed by atoms with Gasteiger partial charge in [0.2, 0.25) is 0 Å². The van der Waals surface area contributed by atoms with E-state index < -0.39 is 0 Å². The van der Waals surface area contributed by atoms with E-state index in [4.69, 9.17) is 4.74 Å². The number of thiophene rings is 2. The van der Waals surface area contributed by atoms with Crippen LogP contribution in [0.5, 0.6) is 0 Å². The zero-order valence-corrected chi connectivity index (χ0v) is 17.9. The Morgan fingerprint density at radius 2 is 2.21 bits per heavy atom. The molecule has 3 aromatic heterocycles. The molecule has 29 heavy (non-hydrogen) atoms. The maximum atomic E-state index is 13.3. The Bertz CT molecular complexity index is 1190. The summed E-state index contributed by atoms with van der Waals surface area (Å²) in [6.07, 6.45) is 4.66. The van der Waals surface area contributed by atoms with Crippen molar-refractivity contribution < 1.29 is 4.74 Å². The number of nitrogens with one attached hydrogen (secondary N) is 1. The monoisotopic (exact) mass is 425 g/mol. The highest BCUT2D eigenvalue weighted by Gasteiger charge is 2.25. The molecule has 0 spiro atoms. The maximum Gasteiger partial charge on any atom is 0.262 e. The van der Waals surface area contributed by atoms with Crippen LogP contribution in [0.4, 0.5) is 0 Å². The molecule has 0 bridgehead atoms. The van der Waals surface area contributed by atoms with Gasteiger partial charge in [-0.3, -0.25) is 9.36 Å². The van der Waals surface area contributed by atoms with Gasteiger partial charge in [0, 0.05) is 34.2 Å². The van der Waals surface area contributed by atoms with Crippen molar-refractivity contribution in [3.8, 4) is 0 Å². The zero-order chi connectivity index (χ0) is 19.8. The smallest absolute Gasteiger partial charge is 0.262 e. The predicted molar refractivity (Wildman–Crippen MR) is 120 cm³/mol. The third-order valence-corrected chi connectivity index (χ3v) is 7.84. The second-order valence-electron chi connectivity index (χ2n) is 7.50. The molecule has 1 aliphatic rings. The topological polar surface area (TPSA) is 56.1 Å². The van der Waals surface area contributed by atoms with Crippen LogP contribution in [0.15, 0.2) is 41.5 Å². The lowest BCUT2D eigenvalue weighted by Gasteiger charge is -2.23. The Kier molecular flexibility index (Phi) is 5.22. The molecule has 1 aliphatic carbocycles. The van der Waals surface area contributed by atoms with Crippen LogP contribution in [0.3, 0.4) is 0 Å². The molecule has 1 N–H and O–H groups in total. The van der Waals surface area contributed by atoms with Crippen molar-refractivity contribution in [1.82, 2.24) is 14.9 Å². The van der Waals surface area contributed by atoms with Gasteiger partial charge in [-0.2, -0.15) is 0 Å². The fraction of sp³-hybridized carbons (Fsp3) is 0.364. The number of rotatable bonds is 6. The van der Waals surface area contributed by atoms with Crippen LogP contribution >= 0.6 is 22.7 Å². The number of ether oxygens (including phenoxy) is 1. The average Bonchev–Trinajstić information content (AvgIpc) is 3.30. The third kappa shape index (κ3) is 3.64. The van der Waals surface area contributed by atoms with E-state index in [0.717, 1.165) is 42.6 Å². The summed E-state index contributed by atoms with van der Waals surface area (Å²) in [5.41, 5.74) is 1.31. The lowest BCUT2D eigenvalue weighted by molar-refractivity contribution is 0.194. The summed E-state index contributed by atoms with van der Waals surface area (Å²) in [4.78, 5) is 21.3. The molecule has 0 fully saturated rings. The Hall–Kier alpha value is -2.06. The number of hydrogen-bond donors (Lipinski definition) is 1. The highest BCUT2D eigenvalue weighted by Crippen LogP contribution is 2.34. The molecule has 4 aromatic rings. The summed E-state index contributed by atoms with van der Waals surface area (Å²) in [5.74, 6) is 0. The van der Waals surface area contributed by atoms with E-state index in [1.54, 1.807) is 40.7 Å². The van der Waals surface area contributed by atoms with Crippen molar-refractivity contribution in [2.24, 2.45) is 0 Å². The van der Waals surface area contributed by atoms with E-state index in [-0.39, 0.29) is 5.56 Å². The molecular weight excluding hydrogens is 402 g/mol. The maximum absolute atomic E-state index is 13.3. The lowest BCUT2D eigenvalue weighted by Crippen LogP contribution is -2.36. The number of aryl methyl sites for hydroxylation is 1. The van der Waals surface area contributed by atoms with E-state index in [9.17, 15) is 4.79 Å². The molecule has 1 unspecified atom stereocenters. The molecule has 5 nitrogen and oxygen atoms in total. The van der Waals surface area contributed by atoms with E-state index in [1.165, 1.54) is 25.4 Å². The molecule has 150 valence electrons. The normalized spacial score (nSPS) is 16.5. The molecule has 1 aromatic carbocycles. The third-order valence-electron chi connectivity index (χ3n) is 5.58. The first-order valence-corrected chi connectivity index (χ1v) is 11.6. The van der Waals surface area contributed by atoms with Gasteiger partial charge in [-0.05, 0) is 42.3 Å². The molecule has 5 rings (SSSR count). The van der Waals surface area contributed by atoms with E-state index in [0.29, 0.717) is 12.6 Å². The molecule has 0 aliphatic heterocycles. The number of hydrogen-bond acceptors (Lipinski definition) is 6. The second-order valence-corrected chi connectivity index (χ2v) is 9.75. The molecule has 0 amide bonds. The number of methoxy groups -OCH3 is 1. The summed E-state index contributed by atoms with van der Waals surface area (Å²) in [6, 6.07) is 11.0. The van der Waals surface area contributed by atoms with Crippen LogP contribution in [0, 0.1) is 0 Å². The zero-order valence-electron chi connectivity index (χ0n) is 16.3. The molecule has 0 saturated carbocycles. The summed E-state index contributed by atoms with van der Waals surface area (Å²) in [5, 5.41) is 5.63. The minimum Gasteiger partial charge on any atom is -0.383 e. The van der Waals surface area contributed by atoms with Crippen LogP contribution in [0.1, 0.15) is 21.7 Å². The Morgan fingerprint density at radius 3 is 3.07 bits per heavy atom. The number of fused-ring (bicyclic) bond motifs is 4. The van der Waals surface area contributed by atoms with Crippen molar-refractivity contribution in [2.45, 2.75) is 31.8 Å². The second kappa shape index (κ2) is 7.99. The van der Waals surface area contributed by atoms with Crippen LogP contribution in [0.25, 0.3) is 20.3 Å². The van der Waals surface area contributed by atoms with Gasteiger partial charge in [0.15, 0.2) is 0 Å². The Morgan fingerprint density at radius 1 is 1.31 bits per heavy atom. The fourth-order valence-corrected chi connectivity index (χ4v) is 6.46. The van der Waals surface area contributed by atoms with Gasteiger partial charge in [-0.15, -0.1) is 22.7 Å². The van der Waals surface area contributed by atoms with Crippen molar-refractivity contribution in [3.05, 3.63) is 62.3 Å². The van der Waals surface area contributed by atoms with Crippen LogP contribution in [-0.2, 0) is 24.1 Å². The fourth-order valence-electron chi connectivity index (χ4n) is 4.14. The van der Waals surface area contributed by atoms with Gasteiger partial charge in [0.05, 0.1) is 24.9 Å². The van der Waals surface area contributed by atoms with E-state index in [2.05, 4.69) is 34.6 Å². The van der Waals surface area contributed by atoms with E-state index >= 15 is 0 Å². The summed E-state index contributed by atoms with van der Waals surface area (Å²) >= 11 is 3.43. The number of benzene rings is 1. The standard InChI is InChI=1S/C22H23N3O2S2/c1-27-9-8-23-15-6-7-17-19(11-15)29-21-20(17)22(26)25(13-24-21)12-16-10-14-4-2-3-5-18(14)28-16/h2-5,10,13,15,23H,6-9,11-12H2,1H3.